The lowest BCUT2D eigenvalue weighted by Gasteiger charge is -2.23. The Kier molecular flexibility index (Phi) is 31.8. The molecule has 0 aliphatic heterocycles. The summed E-state index contributed by atoms with van der Waals surface area (Å²) in [6, 6.07) is -0.962. The standard InChI is InChI=1S/C37H75NO5S/c1-3-5-7-9-11-13-15-17-19-21-23-25-27-29-31-33-37(40)38-35(34-44(41,42)43)36(39)32-30-28-26-24-22-20-18-16-14-12-10-8-6-4-2/h35-36,39H,3-34H2,1-2H3,(H,38,40)(H,41,42,43). The molecule has 6 nitrogen and oxygen atoms in total. The molecule has 0 radical (unpaired) electrons. The van der Waals surface area contributed by atoms with E-state index in [0.717, 1.165) is 38.5 Å². The molecular formula is C37H75NO5S. The molecule has 0 fully saturated rings. The number of amides is 1. The molecule has 0 aromatic carbocycles. The predicted octanol–water partition coefficient (Wildman–Crippen LogP) is 10.9. The summed E-state index contributed by atoms with van der Waals surface area (Å²) in [6.45, 7) is 4.52. The van der Waals surface area contributed by atoms with Gasteiger partial charge in [-0.05, 0) is 12.8 Å². The third-order valence-corrected chi connectivity index (χ3v) is 9.84. The first kappa shape index (κ1) is 43.3. The van der Waals surface area contributed by atoms with Crippen molar-refractivity contribution < 1.29 is 22.9 Å². The molecule has 264 valence electrons. The van der Waals surface area contributed by atoms with Gasteiger partial charge in [0.05, 0.1) is 17.9 Å². The Balaban J connectivity index is 3.86. The first-order valence-corrected chi connectivity index (χ1v) is 20.8. The molecule has 3 N–H and O–H groups in total. The minimum atomic E-state index is -4.30. The largest absolute Gasteiger partial charge is 0.391 e. The number of aliphatic hydroxyl groups is 1. The molecule has 0 heterocycles. The Morgan fingerprint density at radius 2 is 0.818 bits per heavy atom. The lowest BCUT2D eigenvalue weighted by molar-refractivity contribution is -0.122. The van der Waals surface area contributed by atoms with Crippen molar-refractivity contribution in [1.82, 2.24) is 5.32 Å². The second kappa shape index (κ2) is 32.3. The Hall–Kier alpha value is -0.660. The molecule has 44 heavy (non-hydrogen) atoms. The van der Waals surface area contributed by atoms with Crippen LogP contribution in [0.5, 0.6) is 0 Å². The van der Waals surface area contributed by atoms with E-state index in [2.05, 4.69) is 19.2 Å². The summed E-state index contributed by atoms with van der Waals surface area (Å²) < 4.78 is 32.4. The Morgan fingerprint density at radius 1 is 0.523 bits per heavy atom. The lowest BCUT2D eigenvalue weighted by Crippen LogP contribution is -2.47. The van der Waals surface area contributed by atoms with Crippen LogP contribution in [0.2, 0.25) is 0 Å². The highest BCUT2D eigenvalue weighted by molar-refractivity contribution is 7.85. The van der Waals surface area contributed by atoms with Crippen molar-refractivity contribution in [1.29, 1.82) is 0 Å². The minimum absolute atomic E-state index is 0.242. The Morgan fingerprint density at radius 3 is 1.14 bits per heavy atom. The summed E-state index contributed by atoms with van der Waals surface area (Å²) in [5.74, 6) is -0.884. The fraction of sp³-hybridized carbons (Fsp3) is 0.973. The van der Waals surface area contributed by atoms with E-state index in [-0.39, 0.29) is 5.91 Å². The van der Waals surface area contributed by atoms with Crippen molar-refractivity contribution in [2.45, 2.75) is 225 Å². The van der Waals surface area contributed by atoms with E-state index in [1.165, 1.54) is 148 Å². The average Bonchev–Trinajstić information content (AvgIpc) is 2.98. The molecule has 7 heteroatoms. The number of carbonyl (C=O) groups is 1. The zero-order chi connectivity index (χ0) is 32.6. The Bertz CT molecular complexity index is 715. The minimum Gasteiger partial charge on any atom is -0.391 e. The highest BCUT2D eigenvalue weighted by atomic mass is 32.2. The van der Waals surface area contributed by atoms with Gasteiger partial charge in [0.1, 0.15) is 0 Å². The molecule has 0 aromatic rings. The summed E-state index contributed by atoms with van der Waals surface area (Å²) in [4.78, 5) is 12.5. The van der Waals surface area contributed by atoms with E-state index < -0.39 is 28.0 Å². The lowest BCUT2D eigenvalue weighted by atomic mass is 10.0. The maximum absolute atomic E-state index is 12.5. The van der Waals surface area contributed by atoms with Crippen molar-refractivity contribution in [2.75, 3.05) is 5.75 Å². The fourth-order valence-electron chi connectivity index (χ4n) is 6.16. The summed E-state index contributed by atoms with van der Waals surface area (Å²) in [5, 5.41) is 13.3. The van der Waals surface area contributed by atoms with Gasteiger partial charge in [-0.25, -0.2) is 0 Å². The van der Waals surface area contributed by atoms with E-state index in [1.54, 1.807) is 0 Å². The quantitative estimate of drug-likeness (QED) is 0.0470. The van der Waals surface area contributed by atoms with Crippen molar-refractivity contribution in [2.24, 2.45) is 0 Å². The van der Waals surface area contributed by atoms with Crippen LogP contribution in [-0.4, -0.2) is 41.9 Å². The molecule has 0 bridgehead atoms. The van der Waals surface area contributed by atoms with Gasteiger partial charge in [0.2, 0.25) is 5.91 Å². The summed E-state index contributed by atoms with van der Waals surface area (Å²) in [7, 11) is -4.30. The summed E-state index contributed by atoms with van der Waals surface area (Å²) in [6.07, 6.45) is 36.1. The third-order valence-electron chi connectivity index (χ3n) is 9.06. The molecule has 0 spiro atoms. The van der Waals surface area contributed by atoms with Crippen LogP contribution in [-0.2, 0) is 14.9 Å². The summed E-state index contributed by atoms with van der Waals surface area (Å²) in [5.41, 5.74) is 0. The maximum Gasteiger partial charge on any atom is 0.266 e. The average molecular weight is 646 g/mol. The SMILES string of the molecule is CCCCCCCCCCCCCCCCCC(=O)NC(CS(=O)(=O)O)C(O)CCCCCCCCCCCCCCCC. The van der Waals surface area contributed by atoms with Gasteiger partial charge in [-0.2, -0.15) is 8.42 Å². The third kappa shape index (κ3) is 32.7. The van der Waals surface area contributed by atoms with E-state index >= 15 is 0 Å². The van der Waals surface area contributed by atoms with Crippen LogP contribution < -0.4 is 5.32 Å². The highest BCUT2D eigenvalue weighted by Crippen LogP contribution is 2.16. The van der Waals surface area contributed by atoms with E-state index in [9.17, 15) is 22.9 Å². The smallest absolute Gasteiger partial charge is 0.266 e. The van der Waals surface area contributed by atoms with Crippen LogP contribution in [0.3, 0.4) is 0 Å². The normalized spacial score (nSPS) is 13.3. The van der Waals surface area contributed by atoms with Crippen molar-refractivity contribution >= 4 is 16.0 Å². The second-order valence-corrected chi connectivity index (χ2v) is 15.1. The van der Waals surface area contributed by atoms with Crippen LogP contribution in [0.15, 0.2) is 0 Å². The molecule has 0 aliphatic rings. The maximum atomic E-state index is 12.5. The van der Waals surface area contributed by atoms with Gasteiger partial charge < -0.3 is 10.4 Å². The first-order valence-electron chi connectivity index (χ1n) is 19.2. The van der Waals surface area contributed by atoms with Gasteiger partial charge in [0, 0.05) is 6.42 Å². The van der Waals surface area contributed by atoms with E-state index in [0.29, 0.717) is 12.8 Å². The number of aliphatic hydroxyl groups excluding tert-OH is 1. The number of hydrogen-bond donors (Lipinski definition) is 3. The van der Waals surface area contributed by atoms with Crippen LogP contribution in [0.4, 0.5) is 0 Å². The van der Waals surface area contributed by atoms with Gasteiger partial charge >= 0.3 is 0 Å². The zero-order valence-electron chi connectivity index (χ0n) is 29.3. The number of carbonyl (C=O) groups excluding carboxylic acids is 1. The molecule has 0 rings (SSSR count). The molecule has 0 aliphatic carbocycles. The van der Waals surface area contributed by atoms with Crippen LogP contribution in [0.1, 0.15) is 213 Å². The van der Waals surface area contributed by atoms with Crippen LogP contribution >= 0.6 is 0 Å². The topological polar surface area (TPSA) is 104 Å². The van der Waals surface area contributed by atoms with Gasteiger partial charge in [0.25, 0.3) is 10.1 Å². The van der Waals surface area contributed by atoms with Crippen molar-refractivity contribution in [3.05, 3.63) is 0 Å². The van der Waals surface area contributed by atoms with Gasteiger partial charge in [-0.1, -0.05) is 194 Å². The van der Waals surface area contributed by atoms with Gasteiger partial charge in [0.15, 0.2) is 0 Å². The predicted molar refractivity (Wildman–Crippen MR) is 189 cm³/mol. The van der Waals surface area contributed by atoms with Gasteiger partial charge in [-0.15, -0.1) is 0 Å². The first-order chi connectivity index (χ1) is 21.3. The van der Waals surface area contributed by atoms with Crippen molar-refractivity contribution in [3.63, 3.8) is 0 Å². The fourth-order valence-corrected chi connectivity index (χ4v) is 6.92. The zero-order valence-corrected chi connectivity index (χ0v) is 30.1. The van der Waals surface area contributed by atoms with Crippen LogP contribution in [0, 0.1) is 0 Å². The number of rotatable bonds is 35. The van der Waals surface area contributed by atoms with E-state index in [4.69, 9.17) is 0 Å². The van der Waals surface area contributed by atoms with E-state index in [1.807, 2.05) is 0 Å². The second-order valence-electron chi connectivity index (χ2n) is 13.6. The molecule has 2 unspecified atom stereocenters. The van der Waals surface area contributed by atoms with Gasteiger partial charge in [-0.3, -0.25) is 9.35 Å². The molecule has 0 saturated heterocycles. The molecule has 2 atom stereocenters. The number of hydrogen-bond acceptors (Lipinski definition) is 4. The summed E-state index contributed by atoms with van der Waals surface area (Å²) >= 11 is 0. The highest BCUT2D eigenvalue weighted by Gasteiger charge is 2.26. The monoisotopic (exact) mass is 646 g/mol. The van der Waals surface area contributed by atoms with Crippen molar-refractivity contribution in [3.8, 4) is 0 Å². The molecule has 1 amide bonds. The van der Waals surface area contributed by atoms with Crippen LogP contribution in [0.25, 0.3) is 0 Å². The molecular weight excluding hydrogens is 570 g/mol. The molecule has 0 aromatic heterocycles. The number of nitrogens with one attached hydrogen (secondary N) is 1. The number of unbranched alkanes of at least 4 members (excludes halogenated alkanes) is 27. The molecule has 0 saturated carbocycles. The Labute approximate surface area is 274 Å².